The fourth-order valence-electron chi connectivity index (χ4n) is 4.11. The molecule has 0 aliphatic carbocycles. The molecule has 5 heteroatoms. The molecule has 4 heterocycles. The molecule has 0 unspecified atom stereocenters. The van der Waals surface area contributed by atoms with E-state index in [2.05, 4.69) is 7.05 Å². The molecule has 5 rings (SSSR count). The predicted molar refractivity (Wildman–Crippen MR) is 101 cm³/mol. The van der Waals surface area contributed by atoms with Crippen molar-refractivity contribution in [3.63, 3.8) is 0 Å². The Hall–Kier alpha value is -1.85. The molecular formula is C20H25N2O2S+. The molecule has 1 aromatic carbocycles. The summed E-state index contributed by atoms with van der Waals surface area (Å²) in [6, 6.07) is 12.1. The van der Waals surface area contributed by atoms with E-state index >= 15 is 0 Å². The van der Waals surface area contributed by atoms with Gasteiger partial charge in [-0.2, -0.15) is 11.3 Å². The highest BCUT2D eigenvalue weighted by atomic mass is 32.1. The summed E-state index contributed by atoms with van der Waals surface area (Å²) in [7, 11) is 2.29. The van der Waals surface area contributed by atoms with Crippen molar-refractivity contribution < 1.29 is 14.0 Å². The fraction of sp³-hybridized carbons (Fsp3) is 0.450. The molecule has 1 atom stereocenters. The van der Waals surface area contributed by atoms with E-state index in [9.17, 15) is 4.79 Å². The van der Waals surface area contributed by atoms with Crippen molar-refractivity contribution in [3.8, 4) is 0 Å². The standard InChI is InChI=1S/C20H25N2O2S/c1-22-10-7-17(8-11-22)19(14-22)24-20(23)21(18-9-12-25-15-18)13-16-5-3-2-4-6-16/h2-6,9,12,15,17,19H,7-8,10-11,13-14H2,1H3/q+1/t17?,19-,22?/m0/s1. The van der Waals surface area contributed by atoms with Crippen molar-refractivity contribution in [2.45, 2.75) is 25.5 Å². The number of ether oxygens (including phenoxy) is 1. The SMILES string of the molecule is C[N+]12CCC(CC1)[C@@H](OC(=O)N(Cc1ccccc1)c1ccsc1)C2. The highest BCUT2D eigenvalue weighted by molar-refractivity contribution is 7.08. The Morgan fingerprint density at radius 1 is 1.24 bits per heavy atom. The summed E-state index contributed by atoms with van der Waals surface area (Å²) in [5.74, 6) is 0.532. The number of hydrogen-bond acceptors (Lipinski definition) is 3. The minimum Gasteiger partial charge on any atom is -0.440 e. The molecule has 1 aromatic heterocycles. The first-order chi connectivity index (χ1) is 12.1. The largest absolute Gasteiger partial charge is 0.440 e. The van der Waals surface area contributed by atoms with Crippen LogP contribution in [-0.2, 0) is 11.3 Å². The second-order valence-corrected chi connectivity index (χ2v) is 8.34. The summed E-state index contributed by atoms with van der Waals surface area (Å²) in [6.07, 6.45) is 2.18. The molecule has 3 aliphatic heterocycles. The monoisotopic (exact) mass is 357 g/mol. The van der Waals surface area contributed by atoms with E-state index in [1.165, 1.54) is 25.9 Å². The number of quaternary nitrogens is 1. The van der Waals surface area contributed by atoms with E-state index in [-0.39, 0.29) is 12.2 Å². The summed E-state index contributed by atoms with van der Waals surface area (Å²) in [6.45, 7) is 3.94. The summed E-state index contributed by atoms with van der Waals surface area (Å²) >= 11 is 1.60. The molecule has 3 aliphatic rings. The van der Waals surface area contributed by atoms with E-state index < -0.39 is 0 Å². The van der Waals surface area contributed by atoms with E-state index in [0.29, 0.717) is 12.5 Å². The van der Waals surface area contributed by atoms with Gasteiger partial charge in [0, 0.05) is 24.1 Å². The van der Waals surface area contributed by atoms with Crippen molar-refractivity contribution in [2.75, 3.05) is 31.6 Å². The Bertz CT molecular complexity index is 709. The minimum atomic E-state index is -0.215. The summed E-state index contributed by atoms with van der Waals surface area (Å²) < 4.78 is 7.07. The number of rotatable bonds is 4. The van der Waals surface area contributed by atoms with Crippen LogP contribution in [0.1, 0.15) is 18.4 Å². The Morgan fingerprint density at radius 3 is 2.64 bits per heavy atom. The van der Waals surface area contributed by atoms with Crippen LogP contribution in [0.4, 0.5) is 10.5 Å². The summed E-state index contributed by atoms with van der Waals surface area (Å²) in [5, 5.41) is 4.01. The van der Waals surface area contributed by atoms with E-state index in [0.717, 1.165) is 22.3 Å². The average molecular weight is 357 g/mol. The number of carbonyl (C=O) groups excluding carboxylic acids is 1. The van der Waals surface area contributed by atoms with Crippen LogP contribution in [0.5, 0.6) is 0 Å². The lowest BCUT2D eigenvalue weighted by Gasteiger charge is -2.49. The zero-order chi connectivity index (χ0) is 17.3. The molecule has 0 N–H and O–H groups in total. The van der Waals surface area contributed by atoms with Crippen LogP contribution in [0.2, 0.25) is 0 Å². The van der Waals surface area contributed by atoms with Crippen LogP contribution < -0.4 is 4.90 Å². The second-order valence-electron chi connectivity index (χ2n) is 7.56. The maximum Gasteiger partial charge on any atom is 0.415 e. The number of likely N-dealkylation sites (N-methyl/N-ethyl adjacent to an activating group) is 1. The van der Waals surface area contributed by atoms with Crippen LogP contribution in [0, 0.1) is 5.92 Å². The molecule has 25 heavy (non-hydrogen) atoms. The Labute approximate surface area is 153 Å². The van der Waals surface area contributed by atoms with E-state index in [4.69, 9.17) is 4.74 Å². The van der Waals surface area contributed by atoms with Crippen LogP contribution in [0.3, 0.4) is 0 Å². The molecule has 3 saturated heterocycles. The number of piperidine rings is 3. The van der Waals surface area contributed by atoms with Gasteiger partial charge < -0.3 is 9.22 Å². The lowest BCUT2D eigenvalue weighted by molar-refractivity contribution is -0.928. The van der Waals surface area contributed by atoms with Crippen LogP contribution >= 0.6 is 11.3 Å². The molecule has 3 fully saturated rings. The highest BCUT2D eigenvalue weighted by Gasteiger charge is 2.45. The second kappa shape index (κ2) is 6.81. The Kier molecular flexibility index (Phi) is 4.52. The van der Waals surface area contributed by atoms with Gasteiger partial charge in [0.1, 0.15) is 6.54 Å². The van der Waals surface area contributed by atoms with Gasteiger partial charge in [-0.15, -0.1) is 0 Å². The third-order valence-corrected chi connectivity index (χ3v) is 6.37. The zero-order valence-electron chi connectivity index (χ0n) is 14.6. The molecule has 0 radical (unpaired) electrons. The van der Waals surface area contributed by atoms with Gasteiger partial charge in [-0.25, -0.2) is 4.79 Å². The lowest BCUT2D eigenvalue weighted by Crippen LogP contribution is -2.62. The normalized spacial score (nSPS) is 27.9. The van der Waals surface area contributed by atoms with Gasteiger partial charge in [-0.05, 0) is 17.0 Å². The molecule has 2 bridgehead atoms. The molecular weight excluding hydrogens is 332 g/mol. The van der Waals surface area contributed by atoms with Crippen LogP contribution in [0.15, 0.2) is 47.2 Å². The number of benzene rings is 1. The smallest absolute Gasteiger partial charge is 0.415 e. The van der Waals surface area contributed by atoms with Gasteiger partial charge in [0.25, 0.3) is 0 Å². The first kappa shape index (κ1) is 16.6. The van der Waals surface area contributed by atoms with Crippen molar-refractivity contribution in [3.05, 3.63) is 52.7 Å². The van der Waals surface area contributed by atoms with Crippen molar-refractivity contribution in [2.24, 2.45) is 5.92 Å². The number of thiophene rings is 1. The number of nitrogens with zero attached hydrogens (tertiary/aromatic N) is 2. The van der Waals surface area contributed by atoms with Gasteiger partial charge in [0.2, 0.25) is 0 Å². The third kappa shape index (κ3) is 3.58. The van der Waals surface area contributed by atoms with E-state index in [1.54, 1.807) is 16.2 Å². The first-order valence-corrected chi connectivity index (χ1v) is 9.95. The molecule has 0 spiro atoms. The number of anilines is 1. The molecule has 1 amide bonds. The van der Waals surface area contributed by atoms with Crippen LogP contribution in [0.25, 0.3) is 0 Å². The van der Waals surface area contributed by atoms with Gasteiger partial charge >= 0.3 is 6.09 Å². The van der Waals surface area contributed by atoms with E-state index in [1.807, 2.05) is 47.2 Å². The summed E-state index contributed by atoms with van der Waals surface area (Å²) in [5.41, 5.74) is 2.03. The van der Waals surface area contributed by atoms with Crippen molar-refractivity contribution >= 4 is 23.1 Å². The molecule has 2 aromatic rings. The Morgan fingerprint density at radius 2 is 2.00 bits per heavy atom. The fourth-order valence-corrected chi connectivity index (χ4v) is 4.76. The number of amides is 1. The summed E-state index contributed by atoms with van der Waals surface area (Å²) in [4.78, 5) is 14.8. The van der Waals surface area contributed by atoms with Gasteiger partial charge in [0.15, 0.2) is 6.10 Å². The number of fused-ring (bicyclic) bond motifs is 3. The van der Waals surface area contributed by atoms with Gasteiger partial charge in [-0.3, -0.25) is 4.90 Å². The van der Waals surface area contributed by atoms with Gasteiger partial charge in [-0.1, -0.05) is 30.3 Å². The number of carbonyl (C=O) groups is 1. The molecule has 132 valence electrons. The topological polar surface area (TPSA) is 29.5 Å². The molecule has 0 saturated carbocycles. The first-order valence-electron chi connectivity index (χ1n) is 9.01. The van der Waals surface area contributed by atoms with Crippen molar-refractivity contribution in [1.82, 2.24) is 0 Å². The zero-order valence-corrected chi connectivity index (χ0v) is 15.5. The molecule has 4 nitrogen and oxygen atoms in total. The quantitative estimate of drug-likeness (QED) is 0.770. The average Bonchev–Trinajstić information content (AvgIpc) is 3.15. The third-order valence-electron chi connectivity index (χ3n) is 5.70. The van der Waals surface area contributed by atoms with Crippen molar-refractivity contribution in [1.29, 1.82) is 0 Å². The number of hydrogen-bond donors (Lipinski definition) is 0. The highest BCUT2D eigenvalue weighted by Crippen LogP contribution is 2.34. The minimum absolute atomic E-state index is 0.0527. The maximum absolute atomic E-state index is 13.0. The van der Waals surface area contributed by atoms with Crippen LogP contribution in [-0.4, -0.2) is 43.4 Å². The lowest BCUT2D eigenvalue weighted by atomic mass is 9.84. The predicted octanol–water partition coefficient (Wildman–Crippen LogP) is 4.13. The maximum atomic E-state index is 13.0. The van der Waals surface area contributed by atoms with Gasteiger partial charge in [0.05, 0.1) is 32.4 Å². The Balaban J connectivity index is 1.50.